The molecule has 0 spiro atoms. The summed E-state index contributed by atoms with van der Waals surface area (Å²) in [4.78, 5) is 7.15. The van der Waals surface area contributed by atoms with Crippen molar-refractivity contribution in [1.82, 2.24) is 4.98 Å². The summed E-state index contributed by atoms with van der Waals surface area (Å²) in [5.74, 6) is -0.107. The lowest BCUT2D eigenvalue weighted by molar-refractivity contribution is 0.618. The smallest absolute Gasteiger partial charge is 0.136 e. The van der Waals surface area contributed by atoms with E-state index < -0.39 is 0 Å². The number of halogens is 1. The Morgan fingerprint density at radius 1 is 1.25 bits per heavy atom. The van der Waals surface area contributed by atoms with Gasteiger partial charge >= 0.3 is 0 Å². The lowest BCUT2D eigenvalue weighted by Gasteiger charge is -2.28. The zero-order valence-corrected chi connectivity index (χ0v) is 11.7. The molecule has 1 aromatic carbocycles. The molecule has 100 valence electrons. The van der Waals surface area contributed by atoms with E-state index in [9.17, 15) is 4.39 Å². The topological polar surface area (TPSA) is 16.1 Å². The number of rotatable bonds is 1. The highest BCUT2D eigenvalue weighted by molar-refractivity contribution is 7.80. The number of aryl methyl sites for hydroxylation is 1. The van der Waals surface area contributed by atoms with Gasteiger partial charge in [-0.3, -0.25) is 4.98 Å². The number of nitrogens with zero attached hydrogens (tertiary/aromatic N) is 2. The van der Waals surface area contributed by atoms with Crippen molar-refractivity contribution in [3.05, 3.63) is 47.5 Å². The van der Waals surface area contributed by atoms with Crippen LogP contribution in [-0.4, -0.2) is 16.5 Å². The first-order valence-corrected chi connectivity index (χ1v) is 7.21. The summed E-state index contributed by atoms with van der Waals surface area (Å²) in [5.41, 5.74) is 4.58. The molecule has 2 aliphatic rings. The lowest BCUT2D eigenvalue weighted by Crippen LogP contribution is -2.31. The van der Waals surface area contributed by atoms with Crippen LogP contribution in [0.25, 0.3) is 11.1 Å². The van der Waals surface area contributed by atoms with Crippen molar-refractivity contribution in [2.24, 2.45) is 0 Å². The zero-order chi connectivity index (χ0) is 13.7. The van der Waals surface area contributed by atoms with Crippen molar-refractivity contribution in [1.29, 1.82) is 0 Å². The number of hydrogen-bond donors (Lipinski definition) is 0. The van der Waals surface area contributed by atoms with Crippen LogP contribution in [-0.2, 0) is 12.8 Å². The third kappa shape index (κ3) is 1.61. The van der Waals surface area contributed by atoms with E-state index in [2.05, 4.69) is 9.88 Å². The van der Waals surface area contributed by atoms with Gasteiger partial charge in [0, 0.05) is 42.0 Å². The average molecular weight is 284 g/mol. The van der Waals surface area contributed by atoms with Gasteiger partial charge in [-0.05, 0) is 30.5 Å². The van der Waals surface area contributed by atoms with Gasteiger partial charge in [-0.25, -0.2) is 4.39 Å². The molecule has 0 saturated heterocycles. The van der Waals surface area contributed by atoms with Crippen LogP contribution in [0, 0.1) is 5.82 Å². The third-order valence-electron chi connectivity index (χ3n) is 4.15. The molecule has 2 aromatic rings. The van der Waals surface area contributed by atoms with Crippen LogP contribution in [0.15, 0.2) is 30.6 Å². The van der Waals surface area contributed by atoms with Crippen molar-refractivity contribution in [3.63, 3.8) is 0 Å². The molecule has 0 bridgehead atoms. The van der Waals surface area contributed by atoms with Gasteiger partial charge in [0.15, 0.2) is 0 Å². The van der Waals surface area contributed by atoms with Gasteiger partial charge in [0.05, 0.1) is 10.7 Å². The summed E-state index contributed by atoms with van der Waals surface area (Å²) in [7, 11) is 0. The first kappa shape index (κ1) is 12.0. The Bertz CT molecular complexity index is 712. The predicted molar refractivity (Wildman–Crippen MR) is 81.6 cm³/mol. The minimum absolute atomic E-state index is 0.107. The van der Waals surface area contributed by atoms with Crippen LogP contribution in [0.1, 0.15) is 17.5 Å². The normalized spacial score (nSPS) is 16.4. The van der Waals surface area contributed by atoms with Crippen LogP contribution in [0.2, 0.25) is 0 Å². The Morgan fingerprint density at radius 2 is 2.15 bits per heavy atom. The van der Waals surface area contributed by atoms with Crippen LogP contribution in [0.5, 0.6) is 0 Å². The Hall–Kier alpha value is -1.81. The summed E-state index contributed by atoms with van der Waals surface area (Å²) in [6.45, 7) is 0.814. The molecular formula is C16H13FN2S. The largest absolute Gasteiger partial charge is 0.335 e. The van der Waals surface area contributed by atoms with Crippen LogP contribution in [0.4, 0.5) is 10.1 Å². The zero-order valence-electron chi connectivity index (χ0n) is 10.9. The Kier molecular flexibility index (Phi) is 2.60. The molecule has 0 unspecified atom stereocenters. The molecule has 0 amide bonds. The SMILES string of the molecule is Fc1c(-c2cccnc2)cc2c3c1CCN3C(=S)CC2. The average Bonchev–Trinajstić information content (AvgIpc) is 2.93. The highest BCUT2D eigenvalue weighted by atomic mass is 32.1. The summed E-state index contributed by atoms with van der Waals surface area (Å²) in [6.07, 6.45) is 5.96. The maximum absolute atomic E-state index is 14.8. The second kappa shape index (κ2) is 4.35. The van der Waals surface area contributed by atoms with E-state index in [1.165, 1.54) is 5.56 Å². The molecule has 2 nitrogen and oxygen atoms in total. The molecule has 0 saturated carbocycles. The molecular weight excluding hydrogens is 271 g/mol. The molecule has 20 heavy (non-hydrogen) atoms. The van der Waals surface area contributed by atoms with Crippen molar-refractivity contribution in [3.8, 4) is 11.1 Å². The van der Waals surface area contributed by atoms with Crippen LogP contribution in [0.3, 0.4) is 0 Å². The summed E-state index contributed by atoms with van der Waals surface area (Å²) in [5, 5.41) is 0. The van der Waals surface area contributed by atoms with E-state index in [-0.39, 0.29) is 5.82 Å². The summed E-state index contributed by atoms with van der Waals surface area (Å²) in [6, 6.07) is 5.73. The monoisotopic (exact) mass is 284 g/mol. The van der Waals surface area contributed by atoms with Crippen molar-refractivity contribution in [2.75, 3.05) is 11.4 Å². The molecule has 3 heterocycles. The number of pyridine rings is 1. The van der Waals surface area contributed by atoms with Gasteiger partial charge in [0.2, 0.25) is 0 Å². The fraction of sp³-hybridized carbons (Fsp3) is 0.250. The van der Waals surface area contributed by atoms with Gasteiger partial charge in [0.1, 0.15) is 5.82 Å². The quantitative estimate of drug-likeness (QED) is 0.745. The van der Waals surface area contributed by atoms with Crippen molar-refractivity contribution < 1.29 is 4.39 Å². The molecule has 0 radical (unpaired) electrons. The van der Waals surface area contributed by atoms with Crippen LogP contribution >= 0.6 is 12.2 Å². The molecule has 0 aliphatic carbocycles. The molecule has 0 N–H and O–H groups in total. The van der Waals surface area contributed by atoms with Crippen molar-refractivity contribution >= 4 is 22.9 Å². The van der Waals surface area contributed by atoms with E-state index in [1.54, 1.807) is 12.4 Å². The number of thiocarbonyl (C=S) groups is 1. The maximum Gasteiger partial charge on any atom is 0.136 e. The van der Waals surface area contributed by atoms with E-state index >= 15 is 0 Å². The Balaban J connectivity index is 1.95. The minimum Gasteiger partial charge on any atom is -0.335 e. The van der Waals surface area contributed by atoms with E-state index in [4.69, 9.17) is 12.2 Å². The van der Waals surface area contributed by atoms with Gasteiger partial charge in [-0.1, -0.05) is 18.3 Å². The predicted octanol–water partition coefficient (Wildman–Crippen LogP) is 3.52. The second-order valence-electron chi connectivity index (χ2n) is 5.26. The first-order chi connectivity index (χ1) is 9.75. The standard InChI is InChI=1S/C16H13FN2S/c17-15-12-5-7-19-14(20)4-3-10(16(12)19)8-13(15)11-2-1-6-18-9-11/h1-2,6,8-9H,3-5,7H2. The van der Waals surface area contributed by atoms with Crippen molar-refractivity contribution in [2.45, 2.75) is 19.3 Å². The lowest BCUT2D eigenvalue weighted by atomic mass is 9.94. The molecule has 0 atom stereocenters. The molecule has 0 fully saturated rings. The Labute approximate surface area is 122 Å². The number of benzene rings is 1. The van der Waals surface area contributed by atoms with Gasteiger partial charge in [-0.2, -0.15) is 0 Å². The van der Waals surface area contributed by atoms with E-state index in [0.29, 0.717) is 5.56 Å². The van der Waals surface area contributed by atoms with Gasteiger partial charge in [0.25, 0.3) is 0 Å². The van der Waals surface area contributed by atoms with Gasteiger partial charge in [-0.15, -0.1) is 0 Å². The summed E-state index contributed by atoms with van der Waals surface area (Å²) < 4.78 is 14.8. The molecule has 4 rings (SSSR count). The third-order valence-corrected chi connectivity index (χ3v) is 4.57. The number of anilines is 1. The maximum atomic E-state index is 14.8. The van der Waals surface area contributed by atoms with E-state index in [0.717, 1.165) is 47.6 Å². The van der Waals surface area contributed by atoms with Gasteiger partial charge < -0.3 is 4.90 Å². The molecule has 2 aliphatic heterocycles. The highest BCUT2D eigenvalue weighted by Crippen LogP contribution is 2.42. The van der Waals surface area contributed by atoms with E-state index in [1.807, 2.05) is 18.2 Å². The highest BCUT2D eigenvalue weighted by Gasteiger charge is 2.32. The first-order valence-electron chi connectivity index (χ1n) is 6.80. The molecule has 4 heteroatoms. The molecule has 1 aromatic heterocycles. The second-order valence-corrected chi connectivity index (χ2v) is 5.73. The minimum atomic E-state index is -0.107. The Morgan fingerprint density at radius 3 is 2.95 bits per heavy atom. The van der Waals surface area contributed by atoms with Crippen LogP contribution < -0.4 is 4.90 Å². The number of aromatic nitrogens is 1. The number of hydrogen-bond acceptors (Lipinski definition) is 2. The fourth-order valence-corrected chi connectivity index (χ4v) is 3.50. The summed E-state index contributed by atoms with van der Waals surface area (Å²) >= 11 is 5.40. The fourth-order valence-electron chi connectivity index (χ4n) is 3.21.